The van der Waals surface area contributed by atoms with Crippen molar-refractivity contribution in [1.82, 2.24) is 0 Å². The largest absolute Gasteiger partial charge is 0.289 e. The summed E-state index contributed by atoms with van der Waals surface area (Å²) in [5.41, 5.74) is 0.121. The van der Waals surface area contributed by atoms with Crippen LogP contribution in [0, 0.1) is 0 Å². The Morgan fingerprint density at radius 2 is 0.667 bits per heavy atom. The van der Waals surface area contributed by atoms with Gasteiger partial charge in [0, 0.05) is 32.3 Å². The molecule has 0 aromatic heterocycles. The Hall–Kier alpha value is -4.04. The number of fused-ring (bicyclic) bond motifs is 12. The third kappa shape index (κ3) is 1.71. The lowest BCUT2D eigenvalue weighted by molar-refractivity contribution is 1.80. The molecule has 0 aliphatic carbocycles. The maximum Gasteiger partial charge on any atom is 0.194 e. The van der Waals surface area contributed by atoms with Gasteiger partial charge in [-0.1, -0.05) is 78.9 Å². The van der Waals surface area contributed by atoms with Crippen LogP contribution in [0.5, 0.6) is 0 Å². The van der Waals surface area contributed by atoms with Crippen LogP contribution >= 0.6 is 0 Å². The zero-order valence-corrected chi connectivity index (χ0v) is 15.9. The Morgan fingerprint density at radius 3 is 1.23 bits per heavy atom. The molecule has 7 rings (SSSR count). The van der Waals surface area contributed by atoms with Crippen molar-refractivity contribution < 1.29 is 0 Å². The minimum Gasteiger partial charge on any atom is -0.289 e. The number of hydrogen-bond acceptors (Lipinski definition) is 2. The Kier molecular flexibility index (Phi) is 2.80. The van der Waals surface area contributed by atoms with Crippen LogP contribution in [0.15, 0.2) is 94.5 Å². The molecule has 0 spiro atoms. The molecule has 2 nitrogen and oxygen atoms in total. The summed E-state index contributed by atoms with van der Waals surface area (Å²) in [6.07, 6.45) is 0. The van der Waals surface area contributed by atoms with E-state index in [4.69, 9.17) is 0 Å². The number of benzene rings is 5. The van der Waals surface area contributed by atoms with Crippen molar-refractivity contribution in [2.24, 2.45) is 0 Å². The van der Waals surface area contributed by atoms with E-state index in [9.17, 15) is 9.59 Å². The Balaban J connectivity index is 1.96. The van der Waals surface area contributed by atoms with Gasteiger partial charge in [-0.15, -0.1) is 0 Å². The molecule has 0 N–H and O–H groups in total. The molecule has 0 heterocycles. The minimum absolute atomic E-state index is 0.0571. The van der Waals surface area contributed by atoms with Gasteiger partial charge < -0.3 is 0 Å². The maximum atomic E-state index is 13.5. The first-order valence-electron chi connectivity index (χ1n) is 10.1. The summed E-state index contributed by atoms with van der Waals surface area (Å²) in [5.74, 6) is 0. The third-order valence-electron chi connectivity index (χ3n) is 6.54. The van der Waals surface area contributed by atoms with Gasteiger partial charge >= 0.3 is 0 Å². The lowest BCUT2D eigenvalue weighted by Gasteiger charge is -2.09. The van der Waals surface area contributed by atoms with Gasteiger partial charge in [0.05, 0.1) is 0 Å². The van der Waals surface area contributed by atoms with E-state index in [2.05, 4.69) is 12.1 Å². The quantitative estimate of drug-likeness (QED) is 0.293. The fraction of sp³-hybridized carbons (Fsp3) is 0. The predicted molar refractivity (Wildman–Crippen MR) is 126 cm³/mol. The SMILES string of the molecule is O=c1c2ccccc2c2c1ccc1c3c(=O)c4ccccc4c3c3ccccc3c12. The van der Waals surface area contributed by atoms with E-state index in [1.54, 1.807) is 0 Å². The molecule has 7 aromatic carbocycles. The fourth-order valence-corrected chi connectivity index (χ4v) is 5.34. The third-order valence-corrected chi connectivity index (χ3v) is 6.54. The molecule has 0 atom stereocenters. The summed E-state index contributed by atoms with van der Waals surface area (Å²) < 4.78 is 0. The van der Waals surface area contributed by atoms with Gasteiger partial charge in [-0.2, -0.15) is 0 Å². The normalized spacial score (nSPS) is 12.3. The second-order valence-corrected chi connectivity index (χ2v) is 7.96. The highest BCUT2D eigenvalue weighted by Crippen LogP contribution is 2.42. The second-order valence-electron chi connectivity index (χ2n) is 7.96. The molecule has 7 aromatic rings. The summed E-state index contributed by atoms with van der Waals surface area (Å²) in [6.45, 7) is 0. The van der Waals surface area contributed by atoms with Gasteiger partial charge in [0.2, 0.25) is 0 Å². The molecule has 0 aliphatic rings. The lowest BCUT2D eigenvalue weighted by atomic mass is 9.93. The van der Waals surface area contributed by atoms with Gasteiger partial charge in [-0.3, -0.25) is 9.59 Å². The zero-order valence-electron chi connectivity index (χ0n) is 15.9. The molecule has 0 amide bonds. The summed E-state index contributed by atoms with van der Waals surface area (Å²) >= 11 is 0. The first kappa shape index (κ1) is 15.8. The van der Waals surface area contributed by atoms with E-state index in [-0.39, 0.29) is 10.9 Å². The average molecular weight is 382 g/mol. The highest BCUT2D eigenvalue weighted by molar-refractivity contribution is 6.39. The number of rotatable bonds is 0. The van der Waals surface area contributed by atoms with E-state index in [1.165, 1.54) is 0 Å². The smallest absolute Gasteiger partial charge is 0.194 e. The Bertz CT molecular complexity index is 1930. The molecule has 30 heavy (non-hydrogen) atoms. The van der Waals surface area contributed by atoms with E-state index < -0.39 is 0 Å². The highest BCUT2D eigenvalue weighted by Gasteiger charge is 2.20. The molecule has 2 heteroatoms. The van der Waals surface area contributed by atoms with Gasteiger partial charge in [-0.25, -0.2) is 0 Å². The van der Waals surface area contributed by atoms with Crippen LogP contribution in [0.1, 0.15) is 0 Å². The summed E-state index contributed by atoms with van der Waals surface area (Å²) in [5, 5.41) is 10.9. The van der Waals surface area contributed by atoms with E-state index in [0.29, 0.717) is 0 Å². The summed E-state index contributed by atoms with van der Waals surface area (Å²) in [4.78, 5) is 26.6. The monoisotopic (exact) mass is 382 g/mol. The maximum absolute atomic E-state index is 13.5. The van der Waals surface area contributed by atoms with Crippen molar-refractivity contribution in [3.63, 3.8) is 0 Å². The van der Waals surface area contributed by atoms with Crippen molar-refractivity contribution in [3.05, 3.63) is 105 Å². The molecular weight excluding hydrogens is 368 g/mol. The molecule has 0 saturated carbocycles. The minimum atomic E-state index is 0.0571. The molecular formula is C28H14O2. The van der Waals surface area contributed by atoms with Crippen molar-refractivity contribution in [2.75, 3.05) is 0 Å². The molecule has 0 saturated heterocycles. The highest BCUT2D eigenvalue weighted by atomic mass is 16.1. The van der Waals surface area contributed by atoms with Crippen LogP contribution in [0.4, 0.5) is 0 Å². The van der Waals surface area contributed by atoms with Crippen molar-refractivity contribution >= 4 is 64.6 Å². The first-order valence-corrected chi connectivity index (χ1v) is 10.1. The average Bonchev–Trinajstić information content (AvgIpc) is 3.27. The van der Waals surface area contributed by atoms with E-state index >= 15 is 0 Å². The first-order chi connectivity index (χ1) is 14.8. The molecule has 0 fully saturated rings. The predicted octanol–water partition coefficient (Wildman–Crippen LogP) is 6.20. The van der Waals surface area contributed by atoms with Crippen molar-refractivity contribution in [3.8, 4) is 0 Å². The lowest BCUT2D eigenvalue weighted by Crippen LogP contribution is -1.96. The fourth-order valence-electron chi connectivity index (χ4n) is 5.34. The Labute approximate surface area is 170 Å². The summed E-state index contributed by atoms with van der Waals surface area (Å²) in [6, 6.07) is 27.7. The number of hydrogen-bond donors (Lipinski definition) is 0. The van der Waals surface area contributed by atoms with Crippen LogP contribution in [-0.2, 0) is 0 Å². The van der Waals surface area contributed by atoms with Crippen molar-refractivity contribution in [1.29, 1.82) is 0 Å². The van der Waals surface area contributed by atoms with Crippen molar-refractivity contribution in [2.45, 2.75) is 0 Å². The molecule has 0 bridgehead atoms. The van der Waals surface area contributed by atoms with Gasteiger partial charge in [-0.05, 0) is 38.4 Å². The molecule has 0 unspecified atom stereocenters. The van der Waals surface area contributed by atoms with Crippen LogP contribution in [-0.4, -0.2) is 0 Å². The van der Waals surface area contributed by atoms with Crippen LogP contribution in [0.25, 0.3) is 64.6 Å². The molecule has 0 radical (unpaired) electrons. The standard InChI is InChI=1S/C28H14O2/c29-27-19-11-5-3-9-17(19)25-22(27)14-13-21-24(25)16-8-2-1-7-15(16)23-18-10-4-6-12-20(18)28(30)26(21)23/h1-14H. The summed E-state index contributed by atoms with van der Waals surface area (Å²) in [7, 11) is 0. The van der Waals surface area contributed by atoms with Crippen LogP contribution in [0.2, 0.25) is 0 Å². The molecule has 138 valence electrons. The zero-order chi connectivity index (χ0) is 20.0. The van der Waals surface area contributed by atoms with E-state index in [1.807, 2.05) is 72.8 Å². The van der Waals surface area contributed by atoms with Crippen LogP contribution < -0.4 is 10.9 Å². The van der Waals surface area contributed by atoms with Gasteiger partial charge in [0.25, 0.3) is 0 Å². The molecule has 0 aliphatic heterocycles. The van der Waals surface area contributed by atoms with Gasteiger partial charge in [0.1, 0.15) is 0 Å². The second kappa shape index (κ2) is 5.31. The van der Waals surface area contributed by atoms with E-state index in [0.717, 1.165) is 64.6 Å². The van der Waals surface area contributed by atoms with Gasteiger partial charge in [0.15, 0.2) is 10.9 Å². The Morgan fingerprint density at radius 1 is 0.300 bits per heavy atom. The topological polar surface area (TPSA) is 34.1 Å². The van der Waals surface area contributed by atoms with Crippen LogP contribution in [0.3, 0.4) is 0 Å².